The van der Waals surface area contributed by atoms with Gasteiger partial charge in [0.1, 0.15) is 5.82 Å². The van der Waals surface area contributed by atoms with Crippen LogP contribution in [0.4, 0.5) is 4.39 Å². The minimum atomic E-state index is -0.315. The molecular formula is C21H20FN3O2. The van der Waals surface area contributed by atoms with Crippen LogP contribution in [0.1, 0.15) is 30.2 Å². The van der Waals surface area contributed by atoms with Gasteiger partial charge >= 0.3 is 0 Å². The zero-order valence-electron chi connectivity index (χ0n) is 14.8. The summed E-state index contributed by atoms with van der Waals surface area (Å²) in [6.07, 6.45) is 1.79. The Morgan fingerprint density at radius 1 is 1.11 bits per heavy atom. The summed E-state index contributed by atoms with van der Waals surface area (Å²) in [4.78, 5) is 18.8. The molecule has 1 aliphatic heterocycles. The van der Waals surface area contributed by atoms with Crippen LogP contribution in [0.3, 0.4) is 0 Å². The predicted molar refractivity (Wildman–Crippen MR) is 98.4 cm³/mol. The van der Waals surface area contributed by atoms with Gasteiger partial charge in [-0.15, -0.1) is 0 Å². The second-order valence-electron chi connectivity index (χ2n) is 6.78. The van der Waals surface area contributed by atoms with Gasteiger partial charge in [0.2, 0.25) is 17.6 Å². The van der Waals surface area contributed by atoms with Crippen molar-refractivity contribution in [1.29, 1.82) is 0 Å². The van der Waals surface area contributed by atoms with Crippen LogP contribution < -0.4 is 0 Å². The number of benzene rings is 2. The average molecular weight is 365 g/mol. The molecule has 27 heavy (non-hydrogen) atoms. The fraction of sp³-hybridized carbons (Fsp3) is 0.286. The maximum absolute atomic E-state index is 13.3. The first kappa shape index (κ1) is 17.4. The molecule has 2 heterocycles. The van der Waals surface area contributed by atoms with Crippen LogP contribution >= 0.6 is 0 Å². The molecule has 0 bridgehead atoms. The zero-order valence-corrected chi connectivity index (χ0v) is 14.8. The topological polar surface area (TPSA) is 59.2 Å². The van der Waals surface area contributed by atoms with E-state index in [0.29, 0.717) is 30.4 Å². The van der Waals surface area contributed by atoms with Crippen LogP contribution in [0.25, 0.3) is 11.4 Å². The largest absolute Gasteiger partial charge is 0.342 e. The molecule has 0 atom stereocenters. The summed E-state index contributed by atoms with van der Waals surface area (Å²) >= 11 is 0. The van der Waals surface area contributed by atoms with E-state index < -0.39 is 0 Å². The number of halogens is 1. The van der Waals surface area contributed by atoms with Crippen LogP contribution in [0, 0.1) is 5.82 Å². The van der Waals surface area contributed by atoms with E-state index in [1.165, 1.54) is 12.1 Å². The molecule has 1 aliphatic rings. The van der Waals surface area contributed by atoms with Crippen molar-refractivity contribution < 1.29 is 13.7 Å². The van der Waals surface area contributed by atoms with Crippen LogP contribution in [-0.2, 0) is 11.2 Å². The van der Waals surface area contributed by atoms with Crippen molar-refractivity contribution in [3.05, 3.63) is 71.9 Å². The van der Waals surface area contributed by atoms with E-state index in [-0.39, 0.29) is 24.1 Å². The third-order valence-corrected chi connectivity index (χ3v) is 4.92. The van der Waals surface area contributed by atoms with Crippen molar-refractivity contribution in [2.75, 3.05) is 13.1 Å². The molecule has 2 aromatic carbocycles. The SMILES string of the molecule is O=C(Cc1cccc(F)c1)N1CCC(c2nc(-c3ccccc3)no2)CC1. The standard InChI is InChI=1S/C21H20FN3O2/c22-18-8-4-5-15(13-18)14-19(26)25-11-9-17(10-12-25)21-23-20(24-27-21)16-6-2-1-3-7-16/h1-8,13,17H,9-12,14H2. The van der Waals surface area contributed by atoms with E-state index in [2.05, 4.69) is 10.1 Å². The van der Waals surface area contributed by atoms with Crippen molar-refractivity contribution in [2.45, 2.75) is 25.2 Å². The number of carbonyl (C=O) groups excluding carboxylic acids is 1. The maximum atomic E-state index is 13.3. The Hall–Kier alpha value is -3.02. The quantitative estimate of drug-likeness (QED) is 0.705. The molecule has 0 N–H and O–H groups in total. The summed E-state index contributed by atoms with van der Waals surface area (Å²) in [7, 11) is 0. The molecule has 0 radical (unpaired) electrons. The second-order valence-corrected chi connectivity index (χ2v) is 6.78. The lowest BCUT2D eigenvalue weighted by Crippen LogP contribution is -2.38. The molecule has 0 unspecified atom stereocenters. The van der Waals surface area contributed by atoms with Gasteiger partial charge < -0.3 is 9.42 Å². The van der Waals surface area contributed by atoms with E-state index in [1.54, 1.807) is 12.1 Å². The summed E-state index contributed by atoms with van der Waals surface area (Å²) in [6.45, 7) is 1.28. The first-order chi connectivity index (χ1) is 13.2. The van der Waals surface area contributed by atoms with Gasteiger partial charge in [-0.3, -0.25) is 4.79 Å². The Morgan fingerprint density at radius 3 is 2.63 bits per heavy atom. The first-order valence-corrected chi connectivity index (χ1v) is 9.10. The lowest BCUT2D eigenvalue weighted by Gasteiger charge is -2.30. The van der Waals surface area contributed by atoms with Crippen LogP contribution in [0.15, 0.2) is 59.1 Å². The summed E-state index contributed by atoms with van der Waals surface area (Å²) in [6, 6.07) is 15.9. The summed E-state index contributed by atoms with van der Waals surface area (Å²) in [5, 5.41) is 4.08. The summed E-state index contributed by atoms with van der Waals surface area (Å²) < 4.78 is 18.7. The fourth-order valence-electron chi connectivity index (χ4n) is 3.41. The molecule has 0 saturated carbocycles. The molecule has 5 nitrogen and oxygen atoms in total. The molecule has 3 aromatic rings. The van der Waals surface area contributed by atoms with Crippen LogP contribution in [0.2, 0.25) is 0 Å². The Morgan fingerprint density at radius 2 is 1.89 bits per heavy atom. The zero-order chi connectivity index (χ0) is 18.6. The van der Waals surface area contributed by atoms with Gasteiger partial charge in [-0.25, -0.2) is 4.39 Å². The van der Waals surface area contributed by atoms with Crippen molar-refractivity contribution in [3.63, 3.8) is 0 Å². The third kappa shape index (κ3) is 4.05. The van der Waals surface area contributed by atoms with E-state index in [0.717, 1.165) is 18.4 Å². The number of nitrogens with zero attached hydrogens (tertiary/aromatic N) is 3. The van der Waals surface area contributed by atoms with Crippen molar-refractivity contribution in [1.82, 2.24) is 15.0 Å². The van der Waals surface area contributed by atoms with Gasteiger partial charge in [-0.2, -0.15) is 4.98 Å². The van der Waals surface area contributed by atoms with Crippen molar-refractivity contribution in [3.8, 4) is 11.4 Å². The maximum Gasteiger partial charge on any atom is 0.230 e. The highest BCUT2D eigenvalue weighted by Gasteiger charge is 2.27. The molecule has 138 valence electrons. The van der Waals surface area contributed by atoms with Crippen molar-refractivity contribution >= 4 is 5.91 Å². The Bertz CT molecular complexity index is 918. The predicted octanol–water partition coefficient (Wildman–Crippen LogP) is 3.82. The number of amides is 1. The van der Waals surface area contributed by atoms with E-state index in [1.807, 2.05) is 35.2 Å². The molecule has 0 aliphatic carbocycles. The Kier molecular flexibility index (Phi) is 4.96. The second kappa shape index (κ2) is 7.70. The first-order valence-electron chi connectivity index (χ1n) is 9.10. The number of piperidine rings is 1. The molecular weight excluding hydrogens is 345 g/mol. The number of hydrogen-bond donors (Lipinski definition) is 0. The Labute approximate surface area is 156 Å². The fourth-order valence-corrected chi connectivity index (χ4v) is 3.41. The molecule has 1 aromatic heterocycles. The molecule has 1 amide bonds. The highest BCUT2D eigenvalue weighted by Crippen LogP contribution is 2.28. The number of rotatable bonds is 4. The molecule has 4 rings (SSSR count). The lowest BCUT2D eigenvalue weighted by molar-refractivity contribution is -0.131. The van der Waals surface area contributed by atoms with E-state index in [9.17, 15) is 9.18 Å². The van der Waals surface area contributed by atoms with Crippen LogP contribution in [-0.4, -0.2) is 34.0 Å². The van der Waals surface area contributed by atoms with Crippen LogP contribution in [0.5, 0.6) is 0 Å². The number of carbonyl (C=O) groups is 1. The van der Waals surface area contributed by atoms with Gasteiger partial charge in [0.25, 0.3) is 0 Å². The number of likely N-dealkylation sites (tertiary alicyclic amines) is 1. The van der Waals surface area contributed by atoms with E-state index >= 15 is 0 Å². The lowest BCUT2D eigenvalue weighted by atomic mass is 9.96. The molecule has 1 fully saturated rings. The summed E-state index contributed by atoms with van der Waals surface area (Å²) in [5.74, 6) is 1.09. The molecule has 0 spiro atoms. The summed E-state index contributed by atoms with van der Waals surface area (Å²) in [5.41, 5.74) is 1.63. The molecule has 6 heteroatoms. The van der Waals surface area contributed by atoms with E-state index in [4.69, 9.17) is 4.52 Å². The van der Waals surface area contributed by atoms with Gasteiger partial charge in [0, 0.05) is 24.6 Å². The highest BCUT2D eigenvalue weighted by molar-refractivity contribution is 5.78. The minimum absolute atomic E-state index is 0.0227. The van der Waals surface area contributed by atoms with Gasteiger partial charge in [-0.05, 0) is 30.5 Å². The average Bonchev–Trinajstić information content (AvgIpc) is 3.19. The van der Waals surface area contributed by atoms with Gasteiger partial charge in [-0.1, -0.05) is 47.6 Å². The monoisotopic (exact) mass is 365 g/mol. The third-order valence-electron chi connectivity index (χ3n) is 4.92. The minimum Gasteiger partial charge on any atom is -0.342 e. The number of aromatic nitrogens is 2. The number of hydrogen-bond acceptors (Lipinski definition) is 4. The molecule has 1 saturated heterocycles. The van der Waals surface area contributed by atoms with Crippen molar-refractivity contribution in [2.24, 2.45) is 0 Å². The Balaban J connectivity index is 1.35. The van der Waals surface area contributed by atoms with Gasteiger partial charge in [0.05, 0.1) is 6.42 Å². The highest BCUT2D eigenvalue weighted by atomic mass is 19.1. The normalized spacial score (nSPS) is 15.1. The smallest absolute Gasteiger partial charge is 0.230 e. The van der Waals surface area contributed by atoms with Gasteiger partial charge in [0.15, 0.2) is 0 Å².